The number of hydrogen-bond donors (Lipinski definition) is 1. The van der Waals surface area contributed by atoms with Crippen molar-refractivity contribution < 1.29 is 9.47 Å². The van der Waals surface area contributed by atoms with Crippen LogP contribution in [0.5, 0.6) is 11.5 Å². The molecule has 1 aromatic heterocycles. The van der Waals surface area contributed by atoms with Crippen molar-refractivity contribution in [2.75, 3.05) is 12.1 Å². The van der Waals surface area contributed by atoms with Crippen molar-refractivity contribution >= 4 is 17.3 Å². The number of fused-ring (bicyclic) bond motifs is 1. The fourth-order valence-corrected chi connectivity index (χ4v) is 2.42. The van der Waals surface area contributed by atoms with Crippen LogP contribution in [-0.4, -0.2) is 16.6 Å². The third-order valence-corrected chi connectivity index (χ3v) is 3.71. The topological polar surface area (TPSA) is 65.4 Å². The lowest BCUT2D eigenvalue weighted by atomic mass is 10.2. The molecule has 0 aliphatic carbocycles. The maximum absolute atomic E-state index is 12.0. The Morgan fingerprint density at radius 1 is 1.36 bits per heavy atom. The monoisotopic (exact) mass is 321 g/mol. The molecule has 0 fully saturated rings. The molecule has 0 amide bonds. The van der Waals surface area contributed by atoms with Crippen LogP contribution in [0.1, 0.15) is 18.9 Å². The second-order valence-electron chi connectivity index (χ2n) is 4.94. The summed E-state index contributed by atoms with van der Waals surface area (Å²) in [6, 6.07) is 5.69. The summed E-state index contributed by atoms with van der Waals surface area (Å²) in [5, 5.41) is 7.39. The average molecular weight is 322 g/mol. The van der Waals surface area contributed by atoms with Crippen LogP contribution >= 0.6 is 11.6 Å². The Hall–Kier alpha value is -2.21. The molecule has 6 nitrogen and oxygen atoms in total. The molecule has 2 heterocycles. The van der Waals surface area contributed by atoms with Gasteiger partial charge in [-0.1, -0.05) is 24.6 Å². The Kier molecular flexibility index (Phi) is 4.20. The molecular formula is C15H16ClN3O3. The molecule has 0 atom stereocenters. The lowest BCUT2D eigenvalue weighted by molar-refractivity contribution is 0.174. The number of nitrogens with one attached hydrogen (secondary N) is 1. The molecule has 0 saturated heterocycles. The zero-order chi connectivity index (χ0) is 15.5. The van der Waals surface area contributed by atoms with Crippen LogP contribution in [0.15, 0.2) is 29.2 Å². The third-order valence-electron chi connectivity index (χ3n) is 3.34. The third kappa shape index (κ3) is 2.87. The number of aromatic nitrogens is 2. The van der Waals surface area contributed by atoms with Crippen LogP contribution in [0.4, 0.5) is 5.69 Å². The average Bonchev–Trinajstić information content (AvgIpc) is 2.99. The van der Waals surface area contributed by atoms with Crippen LogP contribution < -0.4 is 20.3 Å². The predicted molar refractivity (Wildman–Crippen MR) is 83.7 cm³/mol. The number of hydrogen-bond acceptors (Lipinski definition) is 5. The molecule has 7 heteroatoms. The highest BCUT2D eigenvalue weighted by Crippen LogP contribution is 2.32. The van der Waals surface area contributed by atoms with E-state index in [0.717, 1.165) is 23.5 Å². The van der Waals surface area contributed by atoms with Gasteiger partial charge in [0.05, 0.1) is 11.9 Å². The van der Waals surface area contributed by atoms with E-state index >= 15 is 0 Å². The first-order valence-corrected chi connectivity index (χ1v) is 7.45. The van der Waals surface area contributed by atoms with Gasteiger partial charge in [0.25, 0.3) is 5.56 Å². The molecule has 0 spiro atoms. The first-order chi connectivity index (χ1) is 10.7. The summed E-state index contributed by atoms with van der Waals surface area (Å²) in [6.45, 7) is 3.29. The standard InChI is InChI=1S/C15H16ClN3O3/c1-2-5-19-15(20)14(16)11(8-18-19)17-7-10-3-4-12-13(6-10)22-9-21-12/h3-4,6,8,17H,2,5,7,9H2,1H3. The minimum absolute atomic E-state index is 0.157. The molecule has 1 aliphatic heterocycles. The molecule has 2 aromatic rings. The van der Waals surface area contributed by atoms with Crippen LogP contribution in [0.25, 0.3) is 0 Å². The van der Waals surface area contributed by atoms with Crippen molar-refractivity contribution in [3.05, 3.63) is 45.3 Å². The largest absolute Gasteiger partial charge is 0.454 e. The summed E-state index contributed by atoms with van der Waals surface area (Å²) < 4.78 is 12.0. The highest BCUT2D eigenvalue weighted by molar-refractivity contribution is 6.32. The highest BCUT2D eigenvalue weighted by Gasteiger charge is 2.13. The van der Waals surface area contributed by atoms with Gasteiger partial charge in [0.2, 0.25) is 6.79 Å². The van der Waals surface area contributed by atoms with E-state index in [1.165, 1.54) is 4.68 Å². The second-order valence-corrected chi connectivity index (χ2v) is 5.32. The number of rotatable bonds is 5. The van der Waals surface area contributed by atoms with Gasteiger partial charge in [-0.05, 0) is 24.1 Å². The summed E-state index contributed by atoms with van der Waals surface area (Å²) in [6.07, 6.45) is 2.40. The Labute approximate surface area is 132 Å². The molecule has 0 saturated carbocycles. The molecule has 0 radical (unpaired) electrons. The zero-order valence-electron chi connectivity index (χ0n) is 12.1. The van der Waals surface area contributed by atoms with Crippen LogP contribution in [0.3, 0.4) is 0 Å². The summed E-state index contributed by atoms with van der Waals surface area (Å²) in [4.78, 5) is 12.0. The molecule has 0 bridgehead atoms. The highest BCUT2D eigenvalue weighted by atomic mass is 35.5. The fourth-order valence-electron chi connectivity index (χ4n) is 2.21. The van der Waals surface area contributed by atoms with Crippen molar-refractivity contribution in [3.8, 4) is 11.5 Å². The molecule has 22 heavy (non-hydrogen) atoms. The van der Waals surface area contributed by atoms with Gasteiger partial charge in [-0.3, -0.25) is 4.79 Å². The lowest BCUT2D eigenvalue weighted by Gasteiger charge is -2.10. The van der Waals surface area contributed by atoms with Crippen molar-refractivity contribution in [1.82, 2.24) is 9.78 Å². The number of nitrogens with zero attached hydrogens (tertiary/aromatic N) is 2. The second kappa shape index (κ2) is 6.27. The number of aryl methyl sites for hydroxylation is 1. The van der Waals surface area contributed by atoms with Crippen molar-refractivity contribution in [2.45, 2.75) is 26.4 Å². The molecule has 1 aromatic carbocycles. The van der Waals surface area contributed by atoms with Gasteiger partial charge >= 0.3 is 0 Å². The molecule has 116 valence electrons. The van der Waals surface area contributed by atoms with Gasteiger partial charge < -0.3 is 14.8 Å². The molecule has 1 N–H and O–H groups in total. The van der Waals surface area contributed by atoms with E-state index in [9.17, 15) is 4.79 Å². The predicted octanol–water partition coefficient (Wildman–Crippen LogP) is 2.65. The minimum atomic E-state index is -0.279. The first kappa shape index (κ1) is 14.7. The van der Waals surface area contributed by atoms with Gasteiger partial charge in [-0.15, -0.1) is 0 Å². The van der Waals surface area contributed by atoms with E-state index < -0.39 is 0 Å². The quantitative estimate of drug-likeness (QED) is 0.917. The fraction of sp³-hybridized carbons (Fsp3) is 0.333. The Bertz CT molecular complexity index is 745. The summed E-state index contributed by atoms with van der Waals surface area (Å²) in [5.74, 6) is 1.47. The maximum Gasteiger partial charge on any atom is 0.287 e. The minimum Gasteiger partial charge on any atom is -0.454 e. The normalized spacial score (nSPS) is 12.5. The van der Waals surface area contributed by atoms with E-state index in [1.54, 1.807) is 6.20 Å². The number of halogens is 1. The van der Waals surface area contributed by atoms with Gasteiger partial charge in [-0.25, -0.2) is 4.68 Å². The van der Waals surface area contributed by atoms with E-state index in [2.05, 4.69) is 10.4 Å². The number of anilines is 1. The Balaban J connectivity index is 1.74. The molecular weight excluding hydrogens is 306 g/mol. The van der Waals surface area contributed by atoms with E-state index in [1.807, 2.05) is 25.1 Å². The zero-order valence-corrected chi connectivity index (χ0v) is 12.9. The van der Waals surface area contributed by atoms with Gasteiger partial charge in [0.15, 0.2) is 11.5 Å². The Morgan fingerprint density at radius 2 is 2.18 bits per heavy atom. The van der Waals surface area contributed by atoms with Crippen molar-refractivity contribution in [3.63, 3.8) is 0 Å². The number of benzene rings is 1. The van der Waals surface area contributed by atoms with Gasteiger partial charge in [-0.2, -0.15) is 5.10 Å². The van der Waals surface area contributed by atoms with Gasteiger partial charge in [0.1, 0.15) is 5.02 Å². The SMILES string of the molecule is CCCn1ncc(NCc2ccc3c(c2)OCO3)c(Cl)c1=O. The number of ether oxygens (including phenoxy) is 2. The van der Waals surface area contributed by atoms with Crippen LogP contribution in [0.2, 0.25) is 5.02 Å². The van der Waals surface area contributed by atoms with E-state index in [4.69, 9.17) is 21.1 Å². The first-order valence-electron chi connectivity index (χ1n) is 7.07. The molecule has 1 aliphatic rings. The van der Waals surface area contributed by atoms with Crippen LogP contribution in [-0.2, 0) is 13.1 Å². The summed E-state index contributed by atoms with van der Waals surface area (Å²) in [7, 11) is 0. The summed E-state index contributed by atoms with van der Waals surface area (Å²) in [5.41, 5.74) is 1.24. The smallest absolute Gasteiger partial charge is 0.287 e. The van der Waals surface area contributed by atoms with Crippen LogP contribution in [0, 0.1) is 0 Å². The molecule has 0 unspecified atom stereocenters. The summed E-state index contributed by atoms with van der Waals surface area (Å²) >= 11 is 6.11. The maximum atomic E-state index is 12.0. The lowest BCUT2D eigenvalue weighted by Crippen LogP contribution is -2.24. The Morgan fingerprint density at radius 3 is 3.00 bits per heavy atom. The van der Waals surface area contributed by atoms with Crippen molar-refractivity contribution in [1.29, 1.82) is 0 Å². The van der Waals surface area contributed by atoms with Crippen molar-refractivity contribution in [2.24, 2.45) is 0 Å². The van der Waals surface area contributed by atoms with E-state index in [-0.39, 0.29) is 17.4 Å². The van der Waals surface area contributed by atoms with Gasteiger partial charge in [0, 0.05) is 13.1 Å². The molecule has 3 rings (SSSR count). The van der Waals surface area contributed by atoms with E-state index in [0.29, 0.717) is 18.8 Å².